The van der Waals surface area contributed by atoms with Crippen molar-refractivity contribution in [3.63, 3.8) is 0 Å². The van der Waals surface area contributed by atoms with E-state index >= 15 is 0 Å². The third-order valence-corrected chi connectivity index (χ3v) is 8.31. The van der Waals surface area contributed by atoms with Crippen molar-refractivity contribution < 1.29 is 19.4 Å². The molecule has 2 aliphatic rings. The van der Waals surface area contributed by atoms with Gasteiger partial charge in [-0.2, -0.15) is 0 Å². The van der Waals surface area contributed by atoms with Crippen LogP contribution in [0.2, 0.25) is 0 Å². The molecular weight excluding hydrogens is 474 g/mol. The second-order valence-corrected chi connectivity index (χ2v) is 11.1. The zero-order chi connectivity index (χ0) is 26.7. The monoisotopic (exact) mass is 517 g/mol. The molecule has 2 aliphatic carbocycles. The number of amides is 1. The molecular formula is C33H43NO4. The van der Waals surface area contributed by atoms with Crippen molar-refractivity contribution in [2.45, 2.75) is 70.9 Å². The van der Waals surface area contributed by atoms with E-state index < -0.39 is 0 Å². The molecule has 38 heavy (non-hydrogen) atoms. The minimum Gasteiger partial charge on any atom is -0.392 e. The van der Waals surface area contributed by atoms with E-state index in [-0.39, 0.29) is 30.3 Å². The molecule has 4 rings (SSSR count). The Hall–Kier alpha value is -2.76. The Morgan fingerprint density at radius 3 is 2.47 bits per heavy atom. The molecule has 0 aliphatic heterocycles. The molecule has 0 spiro atoms. The summed E-state index contributed by atoms with van der Waals surface area (Å²) in [6, 6.07) is 19.8. The Bertz CT molecular complexity index is 1040. The van der Waals surface area contributed by atoms with Crippen LogP contribution in [0.3, 0.4) is 0 Å². The smallest absolute Gasteiger partial charge is 0.253 e. The number of hydrogen-bond donors (Lipinski definition) is 1. The zero-order valence-corrected chi connectivity index (χ0v) is 22.7. The predicted molar refractivity (Wildman–Crippen MR) is 152 cm³/mol. The molecule has 1 unspecified atom stereocenters. The first-order chi connectivity index (χ1) is 18.5. The number of fused-ring (bicyclic) bond motifs is 1. The second kappa shape index (κ2) is 14.4. The molecule has 1 amide bonds. The zero-order valence-electron chi connectivity index (χ0n) is 22.7. The van der Waals surface area contributed by atoms with Gasteiger partial charge in [-0.1, -0.05) is 74.4 Å². The van der Waals surface area contributed by atoms with Gasteiger partial charge in [0.2, 0.25) is 0 Å². The lowest BCUT2D eigenvalue weighted by Gasteiger charge is -2.23. The quantitative estimate of drug-likeness (QED) is 0.234. The Labute approximate surface area is 227 Å². The van der Waals surface area contributed by atoms with E-state index in [1.807, 2.05) is 66.7 Å². The van der Waals surface area contributed by atoms with Crippen molar-refractivity contribution in [2.24, 2.45) is 23.7 Å². The van der Waals surface area contributed by atoms with E-state index in [0.29, 0.717) is 37.3 Å². The van der Waals surface area contributed by atoms with E-state index in [1.54, 1.807) is 11.0 Å². The molecule has 0 heterocycles. The van der Waals surface area contributed by atoms with Crippen LogP contribution in [0.15, 0.2) is 72.8 Å². The molecule has 5 nitrogen and oxygen atoms in total. The number of carbonyl (C=O) groups excluding carboxylic acids is 2. The number of ether oxygens (including phenoxy) is 1. The number of allylic oxidation sites excluding steroid dienone is 1. The maximum atomic E-state index is 13.1. The molecule has 2 aromatic carbocycles. The Morgan fingerprint density at radius 2 is 1.74 bits per heavy atom. The van der Waals surface area contributed by atoms with Gasteiger partial charge >= 0.3 is 0 Å². The number of para-hydroxylation sites is 1. The molecule has 2 saturated carbocycles. The van der Waals surface area contributed by atoms with Crippen LogP contribution in [0.1, 0.15) is 63.9 Å². The van der Waals surface area contributed by atoms with E-state index in [1.165, 1.54) is 0 Å². The molecule has 2 aromatic rings. The Kier molecular flexibility index (Phi) is 10.7. The first-order valence-electron chi connectivity index (χ1n) is 14.4. The summed E-state index contributed by atoms with van der Waals surface area (Å²) in [6.45, 7) is 3.27. The number of benzene rings is 2. The number of rotatable bonds is 14. The van der Waals surface area contributed by atoms with Crippen molar-refractivity contribution in [1.29, 1.82) is 0 Å². The molecule has 0 bridgehead atoms. The van der Waals surface area contributed by atoms with Gasteiger partial charge in [0.15, 0.2) is 5.78 Å². The maximum absolute atomic E-state index is 13.1. The van der Waals surface area contributed by atoms with Gasteiger partial charge in [-0.05, 0) is 73.6 Å². The maximum Gasteiger partial charge on any atom is 0.253 e. The number of hydrogen-bond acceptors (Lipinski definition) is 4. The summed E-state index contributed by atoms with van der Waals surface area (Å²) < 4.78 is 5.89. The Balaban J connectivity index is 1.23. The van der Waals surface area contributed by atoms with Crippen molar-refractivity contribution in [2.75, 3.05) is 18.1 Å². The van der Waals surface area contributed by atoms with Gasteiger partial charge in [0.05, 0.1) is 12.6 Å². The van der Waals surface area contributed by atoms with Gasteiger partial charge in [-0.25, -0.2) is 0 Å². The number of aliphatic hydroxyl groups excluding tert-OH is 1. The third-order valence-electron chi connectivity index (χ3n) is 8.31. The van der Waals surface area contributed by atoms with Crippen molar-refractivity contribution in [3.05, 3.63) is 78.4 Å². The minimum atomic E-state index is -0.340. The summed E-state index contributed by atoms with van der Waals surface area (Å²) in [6.07, 6.45) is 11.0. The second-order valence-electron chi connectivity index (χ2n) is 11.1. The lowest BCUT2D eigenvalue weighted by atomic mass is 9.89. The van der Waals surface area contributed by atoms with Crippen LogP contribution < -0.4 is 4.90 Å². The first kappa shape index (κ1) is 28.3. The van der Waals surface area contributed by atoms with Gasteiger partial charge in [-0.15, -0.1) is 0 Å². The normalized spacial score (nSPS) is 24.5. The molecule has 0 saturated heterocycles. The number of carbonyl (C=O) groups is 2. The molecule has 5 heteroatoms. The highest BCUT2D eigenvalue weighted by atomic mass is 16.5. The van der Waals surface area contributed by atoms with E-state index in [2.05, 4.69) is 6.92 Å². The summed E-state index contributed by atoms with van der Waals surface area (Å²) in [4.78, 5) is 27.1. The molecule has 1 N–H and O–H groups in total. The van der Waals surface area contributed by atoms with Crippen LogP contribution in [0, 0.1) is 23.7 Å². The van der Waals surface area contributed by atoms with E-state index in [4.69, 9.17) is 4.74 Å². The summed E-state index contributed by atoms with van der Waals surface area (Å²) in [5.74, 6) is 1.72. The summed E-state index contributed by atoms with van der Waals surface area (Å²) in [7, 11) is 0. The third kappa shape index (κ3) is 7.87. The number of anilines is 1. The topological polar surface area (TPSA) is 66.8 Å². The fourth-order valence-electron chi connectivity index (χ4n) is 6.31. The van der Waals surface area contributed by atoms with Gasteiger partial charge < -0.3 is 14.7 Å². The number of aliphatic hydroxyl groups is 1. The highest BCUT2D eigenvalue weighted by Crippen LogP contribution is 2.51. The van der Waals surface area contributed by atoms with Crippen LogP contribution in [0.4, 0.5) is 5.69 Å². The fraction of sp³-hybridized carbons (Fsp3) is 0.515. The predicted octanol–water partition coefficient (Wildman–Crippen LogP) is 6.36. The summed E-state index contributed by atoms with van der Waals surface area (Å²) in [5.41, 5.74) is 1.95. The molecule has 0 aromatic heterocycles. The lowest BCUT2D eigenvalue weighted by molar-refractivity contribution is -0.123. The first-order valence-corrected chi connectivity index (χ1v) is 14.4. The van der Waals surface area contributed by atoms with E-state index in [9.17, 15) is 14.7 Å². The highest BCUT2D eigenvalue weighted by molar-refractivity contribution is 5.94. The van der Waals surface area contributed by atoms with Crippen LogP contribution in [-0.4, -0.2) is 36.1 Å². The standard InChI is InChI=1S/C33H43NO4/c1-2-3-6-15-29(35)16-17-30-31-21-26(20-27(31)22-32(30)36)18-19-38-24-33(37)34(28-13-9-5-10-14-28)23-25-11-7-4-8-12-25/h4-5,7-14,16-17,26-27,30-32,36H,2-3,6,15,18-24H2,1H3/t26?,27-,30-,31+,32-/m0/s1. The number of ketones is 1. The highest BCUT2D eigenvalue weighted by Gasteiger charge is 2.46. The van der Waals surface area contributed by atoms with Crippen LogP contribution in [-0.2, 0) is 20.9 Å². The van der Waals surface area contributed by atoms with Crippen LogP contribution in [0.5, 0.6) is 0 Å². The van der Waals surface area contributed by atoms with Gasteiger partial charge in [-0.3, -0.25) is 9.59 Å². The van der Waals surface area contributed by atoms with Crippen LogP contribution >= 0.6 is 0 Å². The van der Waals surface area contributed by atoms with E-state index in [0.717, 1.165) is 56.2 Å². The van der Waals surface area contributed by atoms with Crippen molar-refractivity contribution in [1.82, 2.24) is 0 Å². The molecule has 2 fully saturated rings. The number of nitrogens with zero attached hydrogens (tertiary/aromatic N) is 1. The van der Waals surface area contributed by atoms with Crippen LogP contribution in [0.25, 0.3) is 0 Å². The SMILES string of the molecule is CCCCCC(=O)C=C[C@H]1[C@@H]2CC(CCOCC(=O)N(Cc3ccccc3)c3ccccc3)C[C@H]2C[C@@H]1O. The average molecular weight is 518 g/mol. The van der Waals surface area contributed by atoms with Gasteiger partial charge in [0, 0.05) is 24.6 Å². The summed E-state index contributed by atoms with van der Waals surface area (Å²) in [5, 5.41) is 10.6. The van der Waals surface area contributed by atoms with Crippen molar-refractivity contribution in [3.8, 4) is 0 Å². The van der Waals surface area contributed by atoms with Gasteiger partial charge in [0.1, 0.15) is 6.61 Å². The largest absolute Gasteiger partial charge is 0.392 e. The molecule has 5 atom stereocenters. The molecule has 204 valence electrons. The summed E-state index contributed by atoms with van der Waals surface area (Å²) >= 11 is 0. The number of unbranched alkanes of at least 4 members (excludes halogenated alkanes) is 2. The fourth-order valence-corrected chi connectivity index (χ4v) is 6.31. The Morgan fingerprint density at radius 1 is 1.00 bits per heavy atom. The lowest BCUT2D eigenvalue weighted by Crippen LogP contribution is -2.33. The average Bonchev–Trinajstić information content (AvgIpc) is 3.45. The van der Waals surface area contributed by atoms with Crippen molar-refractivity contribution >= 4 is 17.4 Å². The minimum absolute atomic E-state index is 0.0414. The van der Waals surface area contributed by atoms with Gasteiger partial charge in [0.25, 0.3) is 5.91 Å². The molecule has 0 radical (unpaired) electrons.